The fourth-order valence-corrected chi connectivity index (χ4v) is 10.8. The number of aryl methyl sites for hydroxylation is 2. The summed E-state index contributed by atoms with van der Waals surface area (Å²) in [5, 5.41) is 3.44. The van der Waals surface area contributed by atoms with E-state index in [-0.39, 0.29) is 61.1 Å². The Morgan fingerprint density at radius 3 is 1.15 bits per heavy atom. The standard InChI is InChI=1S/C32H54O2Si3.2ClH.Zr/c1-31(2,3)36(9,10)33-29-25-19-15-13-17-23(25)21-27(29)35(7,8)28-22-24-18-14-16-20-26(24)30(28)34-37(11,12)32(4,5)6;;;/h21-22H,13-20H2,1-12H3;2*1H;/q-2;;;+4/p-2. The van der Waals surface area contributed by atoms with E-state index in [4.69, 9.17) is 8.85 Å². The summed E-state index contributed by atoms with van der Waals surface area (Å²) >= 11 is 0. The minimum absolute atomic E-state index is 0. The van der Waals surface area contributed by atoms with Crippen molar-refractivity contribution in [3.05, 3.63) is 34.4 Å². The fraction of sp³-hybridized carbons (Fsp3) is 0.688. The first kappa shape index (κ1) is 38.4. The van der Waals surface area contributed by atoms with Crippen molar-refractivity contribution in [2.75, 3.05) is 0 Å². The van der Waals surface area contributed by atoms with E-state index in [1.807, 2.05) is 0 Å². The summed E-state index contributed by atoms with van der Waals surface area (Å²) in [5.74, 6) is 2.57. The molecule has 2 aromatic carbocycles. The van der Waals surface area contributed by atoms with E-state index in [1.165, 1.54) is 84.4 Å². The molecule has 0 saturated heterocycles. The molecule has 0 N–H and O–H groups in total. The van der Waals surface area contributed by atoms with Crippen molar-refractivity contribution in [2.45, 2.75) is 142 Å². The average molecular weight is 717 g/mol. The minimum Gasteiger partial charge on any atom is -1.00 e. The predicted molar refractivity (Wildman–Crippen MR) is 170 cm³/mol. The Hall–Kier alpha value is 0.414. The largest absolute Gasteiger partial charge is 4.00 e. The van der Waals surface area contributed by atoms with Crippen LogP contribution in [0.1, 0.15) is 89.5 Å². The normalized spacial score (nSPS) is 16.1. The van der Waals surface area contributed by atoms with Gasteiger partial charge < -0.3 is 33.7 Å². The molecule has 0 bridgehead atoms. The van der Waals surface area contributed by atoms with E-state index in [9.17, 15) is 0 Å². The van der Waals surface area contributed by atoms with E-state index in [2.05, 4.69) is 93.0 Å². The van der Waals surface area contributed by atoms with Gasteiger partial charge >= 0.3 is 26.2 Å². The van der Waals surface area contributed by atoms with Crippen LogP contribution in [0, 0.1) is 0 Å². The van der Waals surface area contributed by atoms with Crippen LogP contribution in [-0.4, -0.2) is 24.7 Å². The molecule has 2 nitrogen and oxygen atoms in total. The van der Waals surface area contributed by atoms with Crippen molar-refractivity contribution in [3.63, 3.8) is 0 Å². The number of fused-ring (bicyclic) bond motifs is 2. The van der Waals surface area contributed by atoms with Gasteiger partial charge in [-0.1, -0.05) is 118 Å². The maximum Gasteiger partial charge on any atom is 4.00 e. The van der Waals surface area contributed by atoms with Crippen molar-refractivity contribution in [3.8, 4) is 11.5 Å². The Bertz CT molecular complexity index is 1060. The fourth-order valence-electron chi connectivity index (χ4n) is 5.62. The van der Waals surface area contributed by atoms with E-state index < -0.39 is 24.7 Å². The molecular formula is C32H54Cl2O2Si3Zr. The number of hydrogen-bond donors (Lipinski definition) is 0. The van der Waals surface area contributed by atoms with Crippen LogP contribution in [-0.2, 0) is 51.9 Å². The molecule has 0 heterocycles. The van der Waals surface area contributed by atoms with Crippen molar-refractivity contribution >= 4 is 35.1 Å². The number of halogens is 2. The topological polar surface area (TPSA) is 18.5 Å². The molecule has 2 aliphatic rings. The third kappa shape index (κ3) is 7.20. The Morgan fingerprint density at radius 2 is 0.850 bits per heavy atom. The van der Waals surface area contributed by atoms with E-state index in [0.29, 0.717) is 0 Å². The van der Waals surface area contributed by atoms with Crippen LogP contribution < -0.4 is 44.0 Å². The van der Waals surface area contributed by atoms with Gasteiger partial charge in [-0.2, -0.15) is 34.4 Å². The zero-order valence-electron chi connectivity index (χ0n) is 27.4. The van der Waals surface area contributed by atoms with E-state index in [0.717, 1.165) is 0 Å². The van der Waals surface area contributed by atoms with Crippen LogP contribution in [0.4, 0.5) is 0 Å². The molecule has 40 heavy (non-hydrogen) atoms. The van der Waals surface area contributed by atoms with Crippen molar-refractivity contribution < 1.29 is 59.9 Å². The maximum absolute atomic E-state index is 7.28. The third-order valence-corrected chi connectivity index (χ3v) is 22.5. The molecule has 2 aromatic rings. The minimum atomic E-state index is -2.10. The monoisotopic (exact) mass is 714 g/mol. The zero-order valence-corrected chi connectivity index (χ0v) is 34.4. The molecule has 0 unspecified atom stereocenters. The summed E-state index contributed by atoms with van der Waals surface area (Å²) < 4.78 is 14.6. The molecule has 0 amide bonds. The van der Waals surface area contributed by atoms with Gasteiger partial charge in [0.1, 0.15) is 0 Å². The van der Waals surface area contributed by atoms with Crippen molar-refractivity contribution in [1.82, 2.24) is 0 Å². The average Bonchev–Trinajstić information content (AvgIpc) is 3.32. The van der Waals surface area contributed by atoms with Gasteiger partial charge in [-0.25, -0.2) is 0 Å². The van der Waals surface area contributed by atoms with Crippen LogP contribution in [0.15, 0.2) is 12.1 Å². The Labute approximate surface area is 281 Å². The quantitative estimate of drug-likeness (QED) is 0.338. The second-order valence-electron chi connectivity index (χ2n) is 15.5. The molecular weight excluding hydrogens is 663 g/mol. The maximum atomic E-state index is 7.28. The predicted octanol–water partition coefficient (Wildman–Crippen LogP) is 2.48. The summed E-state index contributed by atoms with van der Waals surface area (Å²) in [7, 11) is -6.03. The van der Waals surface area contributed by atoms with Crippen molar-refractivity contribution in [2.24, 2.45) is 0 Å². The molecule has 0 fully saturated rings. The van der Waals surface area contributed by atoms with Gasteiger partial charge in [-0.05, 0) is 36.3 Å². The molecule has 2 aliphatic carbocycles. The molecule has 0 aliphatic heterocycles. The van der Waals surface area contributed by atoms with Crippen LogP contribution in [0.25, 0.3) is 0 Å². The first-order chi connectivity index (χ1) is 16.9. The van der Waals surface area contributed by atoms with Gasteiger partial charge in [0.2, 0.25) is 16.6 Å². The van der Waals surface area contributed by atoms with E-state index in [1.54, 1.807) is 11.1 Å². The van der Waals surface area contributed by atoms with Gasteiger partial charge in [-0.3, -0.25) is 0 Å². The molecule has 0 spiro atoms. The van der Waals surface area contributed by atoms with Gasteiger partial charge in [0, 0.05) is 0 Å². The molecule has 0 saturated carbocycles. The van der Waals surface area contributed by atoms with Gasteiger partial charge in [0.25, 0.3) is 0 Å². The molecule has 0 radical (unpaired) electrons. The third-order valence-electron chi connectivity index (χ3n) is 10.4. The Balaban J connectivity index is 0.00000267. The van der Waals surface area contributed by atoms with Gasteiger partial charge in [-0.15, -0.1) is 10.4 Å². The van der Waals surface area contributed by atoms with Crippen LogP contribution in [0.2, 0.25) is 49.4 Å². The van der Waals surface area contributed by atoms with Gasteiger partial charge in [0.15, 0.2) is 0 Å². The smallest absolute Gasteiger partial charge is 1.00 e. The molecule has 0 atom stereocenters. The summed E-state index contributed by atoms with van der Waals surface area (Å²) in [6.45, 7) is 29.0. The van der Waals surface area contributed by atoms with Crippen LogP contribution >= 0.6 is 0 Å². The Kier molecular flexibility index (Phi) is 12.7. The second-order valence-corrected chi connectivity index (χ2v) is 29.3. The number of rotatable bonds is 6. The summed E-state index contributed by atoms with van der Waals surface area (Å²) in [5.41, 5.74) is 6.21. The zero-order chi connectivity index (χ0) is 27.6. The van der Waals surface area contributed by atoms with Crippen molar-refractivity contribution in [1.29, 1.82) is 0 Å². The van der Waals surface area contributed by atoms with Gasteiger partial charge in [0.05, 0.1) is 8.07 Å². The SMILES string of the molecule is CC(C)(C)[Si](C)(C)Oc1c([Si](C)(C)c2[cH-]c3c(c2O[Si](C)(C)C(C)(C)C)CCCC3)[cH-]c2c1CCCC2.[Cl-].[Cl-].[Zr+4]. The first-order valence-electron chi connectivity index (χ1n) is 14.9. The summed E-state index contributed by atoms with van der Waals surface area (Å²) in [6.07, 6.45) is 9.96. The van der Waals surface area contributed by atoms with E-state index >= 15 is 0 Å². The van der Waals surface area contributed by atoms with Crippen LogP contribution in [0.5, 0.6) is 11.5 Å². The van der Waals surface area contributed by atoms with Crippen LogP contribution in [0.3, 0.4) is 0 Å². The second kappa shape index (κ2) is 13.2. The molecule has 8 heteroatoms. The molecule has 4 rings (SSSR count). The number of hydrogen-bond acceptors (Lipinski definition) is 2. The molecule has 0 aromatic heterocycles. The summed E-state index contributed by atoms with van der Waals surface area (Å²) in [4.78, 5) is 0. The summed E-state index contributed by atoms with van der Waals surface area (Å²) in [6, 6.07) is 5.18. The Morgan fingerprint density at radius 1 is 0.550 bits per heavy atom. The first-order valence-corrected chi connectivity index (χ1v) is 23.7. The molecule has 224 valence electrons.